The molecule has 0 heterocycles. The first-order valence-corrected chi connectivity index (χ1v) is 7.68. The number of anilines is 1. The van der Waals surface area contributed by atoms with Gasteiger partial charge in [-0.05, 0) is 44.9 Å². The Hall–Kier alpha value is -1.52. The third kappa shape index (κ3) is 3.81. The fraction of sp³-hybridized carbons (Fsp3) is 0.375. The fourth-order valence-corrected chi connectivity index (χ4v) is 3.21. The SMILES string of the molecule is CC1=C(C)CC(C(=O)Nc2cc(Cl)cc(Cl)c2)C(C(=O)O)C1. The molecule has 2 rings (SSSR count). The summed E-state index contributed by atoms with van der Waals surface area (Å²) in [6, 6.07) is 4.73. The minimum absolute atomic E-state index is 0.322. The number of hydrogen-bond donors (Lipinski definition) is 2. The van der Waals surface area contributed by atoms with E-state index >= 15 is 0 Å². The summed E-state index contributed by atoms with van der Waals surface area (Å²) in [5.74, 6) is -2.58. The summed E-state index contributed by atoms with van der Waals surface area (Å²) in [5.41, 5.74) is 2.58. The number of allylic oxidation sites excluding steroid dienone is 2. The van der Waals surface area contributed by atoms with Gasteiger partial charge in [0, 0.05) is 15.7 Å². The third-order valence-corrected chi connectivity index (χ3v) is 4.49. The number of carboxylic acid groups (broad SMARTS) is 1. The van der Waals surface area contributed by atoms with Crippen molar-refractivity contribution in [3.05, 3.63) is 39.4 Å². The van der Waals surface area contributed by atoms with E-state index in [9.17, 15) is 14.7 Å². The van der Waals surface area contributed by atoms with Gasteiger partial charge in [0.05, 0.1) is 11.8 Å². The molecule has 2 N–H and O–H groups in total. The third-order valence-electron chi connectivity index (χ3n) is 4.05. The molecule has 0 radical (unpaired) electrons. The van der Waals surface area contributed by atoms with Crippen LogP contribution in [0.1, 0.15) is 26.7 Å². The van der Waals surface area contributed by atoms with Crippen LogP contribution in [0.25, 0.3) is 0 Å². The van der Waals surface area contributed by atoms with Crippen LogP contribution in [-0.2, 0) is 9.59 Å². The number of halogens is 2. The van der Waals surface area contributed by atoms with Gasteiger partial charge < -0.3 is 10.4 Å². The van der Waals surface area contributed by atoms with Crippen molar-refractivity contribution in [3.63, 3.8) is 0 Å². The Labute approximate surface area is 139 Å². The summed E-state index contributed by atoms with van der Waals surface area (Å²) in [7, 11) is 0. The van der Waals surface area contributed by atoms with Crippen molar-refractivity contribution in [2.45, 2.75) is 26.7 Å². The summed E-state index contributed by atoms with van der Waals surface area (Å²) < 4.78 is 0. The Morgan fingerprint density at radius 2 is 1.55 bits per heavy atom. The predicted molar refractivity (Wildman–Crippen MR) is 87.3 cm³/mol. The molecule has 0 spiro atoms. The van der Waals surface area contributed by atoms with Gasteiger partial charge in [-0.2, -0.15) is 0 Å². The zero-order valence-corrected chi connectivity index (χ0v) is 13.8. The maximum absolute atomic E-state index is 12.5. The average molecular weight is 342 g/mol. The number of benzene rings is 1. The number of carbonyl (C=O) groups excluding carboxylic acids is 1. The molecule has 1 aromatic carbocycles. The van der Waals surface area contributed by atoms with Crippen molar-refractivity contribution in [3.8, 4) is 0 Å². The van der Waals surface area contributed by atoms with Gasteiger partial charge in [-0.1, -0.05) is 34.3 Å². The summed E-state index contributed by atoms with van der Waals surface area (Å²) in [4.78, 5) is 23.9. The first-order chi connectivity index (χ1) is 10.3. The molecule has 4 nitrogen and oxygen atoms in total. The fourth-order valence-electron chi connectivity index (χ4n) is 2.69. The predicted octanol–water partition coefficient (Wildman–Crippen LogP) is 4.38. The molecule has 0 saturated carbocycles. The van der Waals surface area contributed by atoms with Crippen LogP contribution in [0.5, 0.6) is 0 Å². The van der Waals surface area contributed by atoms with Crippen LogP contribution in [0, 0.1) is 11.8 Å². The highest BCUT2D eigenvalue weighted by molar-refractivity contribution is 6.35. The van der Waals surface area contributed by atoms with Crippen molar-refractivity contribution >= 4 is 40.8 Å². The second kappa shape index (κ2) is 6.71. The van der Waals surface area contributed by atoms with Gasteiger partial charge in [0.15, 0.2) is 0 Å². The van der Waals surface area contributed by atoms with Crippen LogP contribution in [0.4, 0.5) is 5.69 Å². The van der Waals surface area contributed by atoms with Crippen molar-refractivity contribution in [2.75, 3.05) is 5.32 Å². The molecule has 2 unspecified atom stereocenters. The zero-order valence-electron chi connectivity index (χ0n) is 12.3. The monoisotopic (exact) mass is 341 g/mol. The van der Waals surface area contributed by atoms with E-state index in [1.54, 1.807) is 18.2 Å². The van der Waals surface area contributed by atoms with Crippen LogP contribution < -0.4 is 5.32 Å². The van der Waals surface area contributed by atoms with Gasteiger partial charge in [-0.3, -0.25) is 9.59 Å². The highest BCUT2D eigenvalue weighted by Crippen LogP contribution is 2.35. The molecule has 0 saturated heterocycles. The van der Waals surface area contributed by atoms with Crippen LogP contribution >= 0.6 is 23.2 Å². The summed E-state index contributed by atoms with van der Waals surface area (Å²) in [5, 5.41) is 12.9. The highest BCUT2D eigenvalue weighted by Gasteiger charge is 2.37. The Kier molecular flexibility index (Phi) is 5.14. The summed E-state index contributed by atoms with van der Waals surface area (Å²) in [6.45, 7) is 3.85. The number of carbonyl (C=O) groups is 2. The lowest BCUT2D eigenvalue weighted by atomic mass is 9.76. The minimum Gasteiger partial charge on any atom is -0.481 e. The molecule has 0 fully saturated rings. The molecule has 1 aliphatic rings. The lowest BCUT2D eigenvalue weighted by molar-refractivity contribution is -0.146. The van der Waals surface area contributed by atoms with E-state index in [4.69, 9.17) is 23.2 Å². The molecule has 0 bridgehead atoms. The second-order valence-electron chi connectivity index (χ2n) is 5.67. The van der Waals surface area contributed by atoms with Crippen LogP contribution in [0.2, 0.25) is 10.0 Å². The normalized spacial score (nSPS) is 21.6. The first kappa shape index (κ1) is 16.8. The van der Waals surface area contributed by atoms with Gasteiger partial charge in [0.2, 0.25) is 5.91 Å². The van der Waals surface area contributed by atoms with E-state index in [-0.39, 0.29) is 5.91 Å². The molecular formula is C16H17Cl2NO3. The van der Waals surface area contributed by atoms with Gasteiger partial charge >= 0.3 is 5.97 Å². The minimum atomic E-state index is -0.948. The standard InChI is InChI=1S/C16H17Cl2NO3/c1-8-3-13(14(16(21)22)4-9(8)2)15(20)19-12-6-10(17)5-11(18)7-12/h5-7,13-14H,3-4H2,1-2H3,(H,19,20)(H,21,22). The lowest BCUT2D eigenvalue weighted by Gasteiger charge is -2.29. The molecule has 0 aromatic heterocycles. The molecule has 1 amide bonds. The Bertz CT molecular complexity index is 635. The zero-order chi connectivity index (χ0) is 16.4. The van der Waals surface area contributed by atoms with E-state index in [2.05, 4.69) is 5.32 Å². The van der Waals surface area contributed by atoms with E-state index in [0.717, 1.165) is 11.1 Å². The van der Waals surface area contributed by atoms with Crippen LogP contribution in [0.15, 0.2) is 29.3 Å². The van der Waals surface area contributed by atoms with Crippen molar-refractivity contribution in [1.82, 2.24) is 0 Å². The quantitative estimate of drug-likeness (QED) is 0.801. The lowest BCUT2D eigenvalue weighted by Crippen LogP contribution is -2.36. The van der Waals surface area contributed by atoms with Crippen molar-refractivity contribution < 1.29 is 14.7 Å². The number of aliphatic carboxylic acids is 1. The van der Waals surface area contributed by atoms with Crippen LogP contribution in [0.3, 0.4) is 0 Å². The average Bonchev–Trinajstić information content (AvgIpc) is 2.39. The Balaban J connectivity index is 2.21. The van der Waals surface area contributed by atoms with Gasteiger partial charge in [0.1, 0.15) is 0 Å². The van der Waals surface area contributed by atoms with E-state index < -0.39 is 17.8 Å². The smallest absolute Gasteiger partial charge is 0.307 e. The maximum atomic E-state index is 12.5. The van der Waals surface area contributed by atoms with Gasteiger partial charge in [0.25, 0.3) is 0 Å². The van der Waals surface area contributed by atoms with E-state index in [0.29, 0.717) is 28.6 Å². The molecule has 1 aliphatic carbocycles. The van der Waals surface area contributed by atoms with Crippen molar-refractivity contribution in [1.29, 1.82) is 0 Å². The maximum Gasteiger partial charge on any atom is 0.307 e. The van der Waals surface area contributed by atoms with E-state index in [1.165, 1.54) is 0 Å². The molecule has 1 aromatic rings. The van der Waals surface area contributed by atoms with Crippen LogP contribution in [-0.4, -0.2) is 17.0 Å². The first-order valence-electron chi connectivity index (χ1n) is 6.93. The van der Waals surface area contributed by atoms with Gasteiger partial charge in [-0.25, -0.2) is 0 Å². The number of hydrogen-bond acceptors (Lipinski definition) is 2. The molecular weight excluding hydrogens is 325 g/mol. The number of nitrogens with one attached hydrogen (secondary N) is 1. The molecule has 2 atom stereocenters. The topological polar surface area (TPSA) is 66.4 Å². The number of amides is 1. The Morgan fingerprint density at radius 3 is 2.05 bits per heavy atom. The molecule has 22 heavy (non-hydrogen) atoms. The number of rotatable bonds is 3. The largest absolute Gasteiger partial charge is 0.481 e. The molecule has 118 valence electrons. The summed E-state index contributed by atoms with van der Waals surface area (Å²) in [6.07, 6.45) is 0.846. The number of carboxylic acids is 1. The Morgan fingerprint density at radius 1 is 1.05 bits per heavy atom. The van der Waals surface area contributed by atoms with Gasteiger partial charge in [-0.15, -0.1) is 0 Å². The summed E-state index contributed by atoms with van der Waals surface area (Å²) >= 11 is 11.8. The molecule has 6 heteroatoms. The highest BCUT2D eigenvalue weighted by atomic mass is 35.5. The second-order valence-corrected chi connectivity index (χ2v) is 6.54. The molecule has 0 aliphatic heterocycles. The van der Waals surface area contributed by atoms with E-state index in [1.807, 2.05) is 13.8 Å². The van der Waals surface area contributed by atoms with Crippen molar-refractivity contribution in [2.24, 2.45) is 11.8 Å².